The van der Waals surface area contributed by atoms with Crippen LogP contribution < -0.4 is 5.73 Å². The van der Waals surface area contributed by atoms with Crippen molar-refractivity contribution in [2.45, 2.75) is 25.3 Å². The summed E-state index contributed by atoms with van der Waals surface area (Å²) in [5.74, 6) is 0. The Balaban J connectivity index is 2.38. The Labute approximate surface area is 104 Å². The van der Waals surface area contributed by atoms with Crippen molar-refractivity contribution in [3.05, 3.63) is 33.9 Å². The average molecular weight is 279 g/mol. The highest BCUT2D eigenvalue weighted by Crippen LogP contribution is 2.36. The zero-order chi connectivity index (χ0) is 11.3. The van der Waals surface area contributed by atoms with Crippen LogP contribution in [0.1, 0.15) is 30.1 Å². The molecule has 1 aromatic heterocycles. The first-order valence-electron chi connectivity index (χ1n) is 5.71. The molecule has 2 N–H and O–H groups in total. The average Bonchev–Trinajstić information content (AvgIpc) is 2.54. The molecule has 1 heterocycles. The molecular formula is C13H15BrN2. The van der Waals surface area contributed by atoms with Crippen molar-refractivity contribution < 1.29 is 0 Å². The van der Waals surface area contributed by atoms with E-state index in [0.29, 0.717) is 0 Å². The molecule has 1 aromatic carbocycles. The van der Waals surface area contributed by atoms with E-state index in [1.165, 1.54) is 35.0 Å². The first-order chi connectivity index (χ1) is 7.68. The number of nitrogens with two attached hydrogens (primary N) is 1. The Morgan fingerprint density at radius 3 is 3.06 bits per heavy atom. The van der Waals surface area contributed by atoms with Crippen LogP contribution in [-0.4, -0.2) is 4.57 Å². The minimum absolute atomic E-state index is 0.208. The largest absolute Gasteiger partial charge is 0.346 e. The summed E-state index contributed by atoms with van der Waals surface area (Å²) in [6.45, 7) is 0. The van der Waals surface area contributed by atoms with Crippen LogP contribution in [0.5, 0.6) is 0 Å². The van der Waals surface area contributed by atoms with Gasteiger partial charge < -0.3 is 10.3 Å². The summed E-state index contributed by atoms with van der Waals surface area (Å²) in [4.78, 5) is 0. The fourth-order valence-corrected chi connectivity index (χ4v) is 3.23. The Hall–Kier alpha value is -0.800. The fourth-order valence-electron chi connectivity index (χ4n) is 2.88. The lowest BCUT2D eigenvalue weighted by Gasteiger charge is -2.20. The maximum absolute atomic E-state index is 6.22. The van der Waals surface area contributed by atoms with E-state index in [1.54, 1.807) is 0 Å². The maximum atomic E-state index is 6.22. The second kappa shape index (κ2) is 3.60. The van der Waals surface area contributed by atoms with E-state index in [9.17, 15) is 0 Å². The molecule has 1 aliphatic rings. The lowest BCUT2D eigenvalue weighted by Crippen LogP contribution is -2.19. The molecule has 1 unspecified atom stereocenters. The van der Waals surface area contributed by atoms with Crippen molar-refractivity contribution in [1.29, 1.82) is 0 Å². The summed E-state index contributed by atoms with van der Waals surface area (Å²) in [6, 6.07) is 6.71. The first kappa shape index (κ1) is 10.4. The third kappa shape index (κ3) is 1.35. The monoisotopic (exact) mass is 278 g/mol. The molecule has 0 amide bonds. The van der Waals surface area contributed by atoms with Crippen LogP contribution in [0.15, 0.2) is 22.7 Å². The molecule has 0 radical (unpaired) electrons. The standard InChI is InChI=1S/C13H15BrN2/c1-16-12-7-8(14)5-6-9(12)10-3-2-4-11(15)13(10)16/h5-7,11H,2-4,15H2,1H3. The highest BCUT2D eigenvalue weighted by atomic mass is 79.9. The van der Waals surface area contributed by atoms with Gasteiger partial charge in [-0.15, -0.1) is 0 Å². The van der Waals surface area contributed by atoms with E-state index in [4.69, 9.17) is 5.73 Å². The summed E-state index contributed by atoms with van der Waals surface area (Å²) in [5.41, 5.74) is 10.3. The molecule has 1 atom stereocenters. The van der Waals surface area contributed by atoms with Gasteiger partial charge in [0.15, 0.2) is 0 Å². The van der Waals surface area contributed by atoms with Crippen LogP contribution in [0, 0.1) is 0 Å². The van der Waals surface area contributed by atoms with Gasteiger partial charge in [-0.2, -0.15) is 0 Å². The lowest BCUT2D eigenvalue weighted by atomic mass is 9.92. The fraction of sp³-hybridized carbons (Fsp3) is 0.385. The second-order valence-corrected chi connectivity index (χ2v) is 5.50. The molecule has 16 heavy (non-hydrogen) atoms. The number of halogens is 1. The van der Waals surface area contributed by atoms with E-state index >= 15 is 0 Å². The lowest BCUT2D eigenvalue weighted by molar-refractivity contribution is 0.542. The van der Waals surface area contributed by atoms with Crippen LogP contribution in [0.25, 0.3) is 10.9 Å². The predicted octanol–water partition coefficient (Wildman–Crippen LogP) is 3.28. The minimum Gasteiger partial charge on any atom is -0.346 e. The summed E-state index contributed by atoms with van der Waals surface area (Å²) < 4.78 is 3.39. The Morgan fingerprint density at radius 1 is 1.44 bits per heavy atom. The van der Waals surface area contributed by atoms with Gasteiger partial charge in [0.2, 0.25) is 0 Å². The molecule has 2 nitrogen and oxygen atoms in total. The first-order valence-corrected chi connectivity index (χ1v) is 6.50. The van der Waals surface area contributed by atoms with Gasteiger partial charge in [0, 0.05) is 34.2 Å². The number of hydrogen-bond acceptors (Lipinski definition) is 1. The Morgan fingerprint density at radius 2 is 2.25 bits per heavy atom. The van der Waals surface area contributed by atoms with Crippen LogP contribution in [0.2, 0.25) is 0 Å². The van der Waals surface area contributed by atoms with Crippen LogP contribution in [0.3, 0.4) is 0 Å². The van der Waals surface area contributed by atoms with Crippen LogP contribution >= 0.6 is 15.9 Å². The van der Waals surface area contributed by atoms with Gasteiger partial charge in [-0.3, -0.25) is 0 Å². The summed E-state index contributed by atoms with van der Waals surface area (Å²) >= 11 is 3.53. The number of benzene rings is 1. The number of fused-ring (bicyclic) bond motifs is 3. The normalized spacial score (nSPS) is 20.1. The highest BCUT2D eigenvalue weighted by Gasteiger charge is 2.23. The minimum atomic E-state index is 0.208. The molecule has 0 saturated carbocycles. The van der Waals surface area contributed by atoms with Crippen LogP contribution in [0.4, 0.5) is 0 Å². The number of aromatic nitrogens is 1. The highest BCUT2D eigenvalue weighted by molar-refractivity contribution is 9.10. The van der Waals surface area contributed by atoms with Gasteiger partial charge in [-0.05, 0) is 37.0 Å². The van der Waals surface area contributed by atoms with Crippen LogP contribution in [-0.2, 0) is 13.5 Å². The molecule has 84 valence electrons. The van der Waals surface area contributed by atoms with Gasteiger partial charge in [0.05, 0.1) is 0 Å². The summed E-state index contributed by atoms with van der Waals surface area (Å²) in [7, 11) is 2.12. The SMILES string of the molecule is Cn1c2c(c3ccc(Br)cc31)CCCC2N. The van der Waals surface area contributed by atoms with Gasteiger partial charge >= 0.3 is 0 Å². The van der Waals surface area contributed by atoms with Gasteiger partial charge in [-0.1, -0.05) is 22.0 Å². The zero-order valence-electron chi connectivity index (χ0n) is 9.33. The Kier molecular flexibility index (Phi) is 2.33. The van der Waals surface area contributed by atoms with E-state index in [2.05, 4.69) is 45.7 Å². The summed E-state index contributed by atoms with van der Waals surface area (Å²) in [5, 5.41) is 1.37. The van der Waals surface area contributed by atoms with Crippen molar-refractivity contribution >= 4 is 26.8 Å². The molecule has 0 aliphatic heterocycles. The second-order valence-electron chi connectivity index (χ2n) is 4.58. The van der Waals surface area contributed by atoms with Gasteiger partial charge in [-0.25, -0.2) is 0 Å². The predicted molar refractivity (Wildman–Crippen MR) is 70.5 cm³/mol. The molecule has 0 spiro atoms. The molecule has 3 rings (SSSR count). The van der Waals surface area contributed by atoms with E-state index in [1.807, 2.05) is 0 Å². The van der Waals surface area contributed by atoms with Crippen molar-refractivity contribution in [2.75, 3.05) is 0 Å². The molecule has 3 heteroatoms. The molecule has 0 fully saturated rings. The quantitative estimate of drug-likeness (QED) is 0.788. The number of nitrogens with zero attached hydrogens (tertiary/aromatic N) is 1. The van der Waals surface area contributed by atoms with Crippen molar-refractivity contribution in [2.24, 2.45) is 12.8 Å². The molecular weight excluding hydrogens is 264 g/mol. The smallest absolute Gasteiger partial charge is 0.0494 e. The van der Waals surface area contributed by atoms with Crippen molar-refractivity contribution in [3.8, 4) is 0 Å². The topological polar surface area (TPSA) is 30.9 Å². The maximum Gasteiger partial charge on any atom is 0.0494 e. The van der Waals surface area contributed by atoms with Crippen molar-refractivity contribution in [1.82, 2.24) is 4.57 Å². The third-order valence-electron chi connectivity index (χ3n) is 3.61. The van der Waals surface area contributed by atoms with E-state index < -0.39 is 0 Å². The molecule has 0 saturated heterocycles. The number of aryl methyl sites for hydroxylation is 2. The summed E-state index contributed by atoms with van der Waals surface area (Å²) in [6.07, 6.45) is 3.49. The molecule has 2 aromatic rings. The van der Waals surface area contributed by atoms with Gasteiger partial charge in [0.1, 0.15) is 0 Å². The molecule has 1 aliphatic carbocycles. The van der Waals surface area contributed by atoms with Gasteiger partial charge in [0.25, 0.3) is 0 Å². The Bertz CT molecular complexity index is 557. The van der Waals surface area contributed by atoms with Crippen molar-refractivity contribution in [3.63, 3.8) is 0 Å². The molecule has 0 bridgehead atoms. The zero-order valence-corrected chi connectivity index (χ0v) is 10.9. The van der Waals surface area contributed by atoms with E-state index in [-0.39, 0.29) is 6.04 Å². The number of hydrogen-bond donors (Lipinski definition) is 1. The number of rotatable bonds is 0. The van der Waals surface area contributed by atoms with E-state index in [0.717, 1.165) is 10.9 Å². The third-order valence-corrected chi connectivity index (χ3v) is 4.10.